The first-order chi connectivity index (χ1) is 18.1. The van der Waals surface area contributed by atoms with Gasteiger partial charge >= 0.3 is 0 Å². The number of hydrogen-bond acceptors (Lipinski definition) is 2. The Bertz CT molecular complexity index is 629. The van der Waals surface area contributed by atoms with Crippen LogP contribution in [0.25, 0.3) is 0 Å². The maximum atomic E-state index is 10.3. The molecule has 0 aromatic carbocycles. The molecule has 232 valence electrons. The van der Waals surface area contributed by atoms with Gasteiger partial charge in [-0.1, -0.05) is 139 Å². The highest BCUT2D eigenvalue weighted by Crippen LogP contribution is 2.24. The Morgan fingerprint density at radius 2 is 1.36 bits per heavy atom. The number of allylic oxidation sites excluding steroid dienone is 5. The van der Waals surface area contributed by atoms with Gasteiger partial charge in [0.15, 0.2) is 0 Å². The number of hydrogen-bond donors (Lipinski definition) is 0. The molecule has 2 unspecified atom stereocenters. The van der Waals surface area contributed by atoms with E-state index in [1.165, 1.54) is 44.1 Å². The van der Waals surface area contributed by atoms with Crippen LogP contribution in [-0.2, 0) is 4.79 Å². The van der Waals surface area contributed by atoms with Gasteiger partial charge in [0.05, 0.1) is 0 Å². The van der Waals surface area contributed by atoms with Crippen LogP contribution < -0.4 is 0 Å². The van der Waals surface area contributed by atoms with Crippen molar-refractivity contribution >= 4 is 12.0 Å². The van der Waals surface area contributed by atoms with Crippen molar-refractivity contribution in [2.75, 3.05) is 0 Å². The first-order valence-corrected chi connectivity index (χ1v) is 15.8. The number of aliphatic imine (C=N–C) groups is 1. The van der Waals surface area contributed by atoms with Crippen LogP contribution in [0.4, 0.5) is 0 Å². The number of carbonyl (C=O) groups is 1. The molecule has 1 aliphatic rings. The van der Waals surface area contributed by atoms with Gasteiger partial charge in [-0.3, -0.25) is 9.79 Å². The molecule has 0 aliphatic heterocycles. The third-order valence-electron chi connectivity index (χ3n) is 6.36. The highest BCUT2D eigenvalue weighted by molar-refractivity contribution is 5.79. The van der Waals surface area contributed by atoms with Gasteiger partial charge in [0.25, 0.3) is 0 Å². The SMILES string of the molecule is C=C(C)[C@H](CC)C(C)CC.C=C(C=N/C(C)=C\C)CC.C=CC(C)C(C)=O.CC.CC(C)C.CC1CCCC1. The van der Waals surface area contributed by atoms with Crippen LogP contribution in [0.3, 0.4) is 0 Å². The zero-order valence-electron chi connectivity index (χ0n) is 29.5. The lowest BCUT2D eigenvalue weighted by Crippen LogP contribution is -2.10. The van der Waals surface area contributed by atoms with Crippen LogP contribution in [0.1, 0.15) is 149 Å². The van der Waals surface area contributed by atoms with Gasteiger partial charge in [0.2, 0.25) is 0 Å². The van der Waals surface area contributed by atoms with Gasteiger partial charge < -0.3 is 0 Å². The lowest BCUT2D eigenvalue weighted by molar-refractivity contribution is -0.118. The molecule has 2 nitrogen and oxygen atoms in total. The lowest BCUT2D eigenvalue weighted by atomic mass is 9.85. The Hall–Kier alpha value is -1.70. The summed E-state index contributed by atoms with van der Waals surface area (Å²) in [5.74, 6) is 3.63. The summed E-state index contributed by atoms with van der Waals surface area (Å²) in [6.07, 6.45) is 14.9. The molecule has 0 bridgehead atoms. The largest absolute Gasteiger partial charge is 0.299 e. The average Bonchev–Trinajstić information content (AvgIpc) is 3.39. The normalized spacial score (nSPS) is 14.7. The molecule has 0 amide bonds. The zero-order valence-corrected chi connectivity index (χ0v) is 29.5. The topological polar surface area (TPSA) is 29.4 Å². The van der Waals surface area contributed by atoms with Crippen molar-refractivity contribution in [2.45, 2.75) is 149 Å². The first kappa shape index (κ1) is 47.1. The van der Waals surface area contributed by atoms with Crippen molar-refractivity contribution < 1.29 is 4.79 Å². The molecule has 0 N–H and O–H groups in total. The third-order valence-corrected chi connectivity index (χ3v) is 6.36. The minimum atomic E-state index is 0.0278. The fourth-order valence-corrected chi connectivity index (χ4v) is 3.18. The predicted molar refractivity (Wildman–Crippen MR) is 185 cm³/mol. The second-order valence-corrected chi connectivity index (χ2v) is 11.2. The summed E-state index contributed by atoms with van der Waals surface area (Å²) >= 11 is 0. The number of Topliss-reactive ketones (excluding diaryl/α,β-unsaturated/α-hetero) is 1. The Labute approximate surface area is 248 Å². The van der Waals surface area contributed by atoms with Crippen LogP contribution in [-0.4, -0.2) is 12.0 Å². The Morgan fingerprint density at radius 3 is 1.51 bits per heavy atom. The predicted octanol–water partition coefficient (Wildman–Crippen LogP) is 12.9. The van der Waals surface area contributed by atoms with E-state index in [9.17, 15) is 4.79 Å². The lowest BCUT2D eigenvalue weighted by Gasteiger charge is -2.21. The standard InChI is InChI=1S/C10H20.C9H15N.C6H10O.C6H12.C4H10.C2H6/c1-6-9(5)10(7-2)8(3)4;1-5-8(3)7-10-9(4)6-2;1-4-5(2)6(3)7;1-6-4-2-3-5-6;1-4(2)3;1-2/h9-10H,3,6-7H2,1-2,4-5H3;6-7H,3,5H2,1-2,4H3;4-5H,1H2,2-3H3;6H,2-5H2,1H3;4H,1-3H3;1-2H3/b;9-6-,10-7?;;;;/t9?,10-;;;;;/m0...../s1. The molecule has 0 heterocycles. The van der Waals surface area contributed by atoms with Crippen molar-refractivity contribution in [2.24, 2.45) is 34.6 Å². The van der Waals surface area contributed by atoms with Gasteiger partial charge in [0.1, 0.15) is 5.78 Å². The maximum absolute atomic E-state index is 10.3. The molecule has 39 heavy (non-hydrogen) atoms. The molecule has 0 spiro atoms. The van der Waals surface area contributed by atoms with Crippen molar-refractivity contribution in [3.8, 4) is 0 Å². The summed E-state index contributed by atoms with van der Waals surface area (Å²) in [4.78, 5) is 14.5. The summed E-state index contributed by atoms with van der Waals surface area (Å²) in [5.41, 5.74) is 3.45. The summed E-state index contributed by atoms with van der Waals surface area (Å²) in [6, 6.07) is 0. The van der Waals surface area contributed by atoms with Crippen LogP contribution in [0.2, 0.25) is 0 Å². The minimum absolute atomic E-state index is 0.0278. The van der Waals surface area contributed by atoms with Crippen molar-refractivity contribution in [3.05, 3.63) is 48.7 Å². The van der Waals surface area contributed by atoms with E-state index in [0.29, 0.717) is 0 Å². The molecule has 0 radical (unpaired) electrons. The molecule has 1 aliphatic carbocycles. The fourth-order valence-electron chi connectivity index (χ4n) is 3.18. The minimum Gasteiger partial charge on any atom is -0.299 e. The van der Waals surface area contributed by atoms with E-state index in [1.807, 2.05) is 46.9 Å². The Balaban J connectivity index is -0.000000125. The highest BCUT2D eigenvalue weighted by atomic mass is 16.1. The van der Waals surface area contributed by atoms with Crippen molar-refractivity contribution in [1.29, 1.82) is 0 Å². The average molecular weight is 548 g/mol. The van der Waals surface area contributed by atoms with E-state index in [1.54, 1.807) is 13.0 Å². The van der Waals surface area contributed by atoms with Crippen molar-refractivity contribution in [1.82, 2.24) is 0 Å². The van der Waals surface area contributed by atoms with Gasteiger partial charge in [-0.2, -0.15) is 0 Å². The monoisotopic (exact) mass is 548 g/mol. The summed E-state index contributed by atoms with van der Waals surface area (Å²) in [6.45, 7) is 42.4. The molecule has 1 rings (SSSR count). The molecule has 1 saturated carbocycles. The molecule has 1 fully saturated rings. The quantitative estimate of drug-likeness (QED) is 0.208. The fraction of sp³-hybridized carbons (Fsp3) is 0.730. The van der Waals surface area contributed by atoms with E-state index in [4.69, 9.17) is 0 Å². The number of nitrogens with zero attached hydrogens (tertiary/aromatic N) is 1. The summed E-state index contributed by atoms with van der Waals surface area (Å²) in [5, 5.41) is 0. The molecule has 3 atom stereocenters. The van der Waals surface area contributed by atoms with Crippen LogP contribution in [0, 0.1) is 29.6 Å². The molecule has 0 aromatic rings. The third kappa shape index (κ3) is 40.9. The van der Waals surface area contributed by atoms with E-state index >= 15 is 0 Å². The smallest absolute Gasteiger partial charge is 0.136 e. The van der Waals surface area contributed by atoms with E-state index in [0.717, 1.165) is 41.4 Å². The van der Waals surface area contributed by atoms with Crippen molar-refractivity contribution in [3.63, 3.8) is 0 Å². The van der Waals surface area contributed by atoms with Gasteiger partial charge in [-0.25, -0.2) is 0 Å². The number of carbonyl (C=O) groups excluding carboxylic acids is 1. The number of ketones is 1. The zero-order chi connectivity index (χ0) is 32.0. The second-order valence-electron chi connectivity index (χ2n) is 11.2. The molecular formula is C37H73NO. The first-order valence-electron chi connectivity index (χ1n) is 15.8. The van der Waals surface area contributed by atoms with Gasteiger partial charge in [0, 0.05) is 17.8 Å². The highest BCUT2D eigenvalue weighted by Gasteiger charge is 2.13. The maximum Gasteiger partial charge on any atom is 0.136 e. The molecule has 0 saturated heterocycles. The summed E-state index contributed by atoms with van der Waals surface area (Å²) < 4.78 is 0. The second kappa shape index (κ2) is 34.3. The van der Waals surface area contributed by atoms with Crippen LogP contribution in [0.5, 0.6) is 0 Å². The molecule has 2 heteroatoms. The molecular weight excluding hydrogens is 474 g/mol. The van der Waals surface area contributed by atoms with E-state index in [2.05, 4.69) is 87.0 Å². The van der Waals surface area contributed by atoms with Gasteiger partial charge in [-0.05, 0) is 69.8 Å². The van der Waals surface area contributed by atoms with Crippen LogP contribution in [0.15, 0.2) is 53.7 Å². The van der Waals surface area contributed by atoms with E-state index in [-0.39, 0.29) is 11.7 Å². The summed E-state index contributed by atoms with van der Waals surface area (Å²) in [7, 11) is 0. The van der Waals surface area contributed by atoms with Gasteiger partial charge in [-0.15, -0.1) is 6.58 Å². The Morgan fingerprint density at radius 1 is 0.923 bits per heavy atom. The molecule has 0 aromatic heterocycles. The van der Waals surface area contributed by atoms with E-state index < -0.39 is 0 Å². The Kier molecular flexibility index (Phi) is 41.5. The number of rotatable bonds is 9. The van der Waals surface area contributed by atoms with Crippen LogP contribution >= 0.6 is 0 Å².